The molecule has 0 aliphatic carbocycles. The molecule has 0 saturated carbocycles. The second-order valence-electron chi connectivity index (χ2n) is 2.64. The first-order chi connectivity index (χ1) is 6.24. The van der Waals surface area contributed by atoms with Crippen molar-refractivity contribution in [3.05, 3.63) is 41.5 Å². The van der Waals surface area contributed by atoms with Crippen LogP contribution in [0.1, 0.15) is 11.1 Å². The fourth-order valence-corrected chi connectivity index (χ4v) is 1.05. The van der Waals surface area contributed by atoms with Crippen LogP contribution in [0.2, 0.25) is 0 Å². The first-order valence-corrected chi connectivity index (χ1v) is 3.99. The summed E-state index contributed by atoms with van der Waals surface area (Å²) in [6, 6.07) is 7.60. The third kappa shape index (κ3) is 2.72. The van der Waals surface area contributed by atoms with Crippen molar-refractivity contribution in [1.29, 1.82) is 0 Å². The summed E-state index contributed by atoms with van der Waals surface area (Å²) in [7, 11) is 0. The van der Waals surface area contributed by atoms with E-state index in [4.69, 9.17) is 11.5 Å². The molecular weight excluding hydrogens is 164 g/mol. The zero-order valence-corrected chi connectivity index (χ0v) is 7.23. The van der Waals surface area contributed by atoms with Gasteiger partial charge in [-0.25, -0.2) is 0 Å². The Bertz CT molecular complexity index is 331. The fourth-order valence-electron chi connectivity index (χ4n) is 1.05. The van der Waals surface area contributed by atoms with Crippen molar-refractivity contribution in [3.63, 3.8) is 0 Å². The third-order valence-electron chi connectivity index (χ3n) is 1.70. The van der Waals surface area contributed by atoms with Crippen molar-refractivity contribution in [1.82, 2.24) is 0 Å². The molecule has 0 radical (unpaired) electrons. The molecule has 0 fully saturated rings. The minimum absolute atomic E-state index is 0.452. The Morgan fingerprint density at radius 3 is 2.69 bits per heavy atom. The topological polar surface area (TPSA) is 69.1 Å². The number of hydrogen-bond acceptors (Lipinski definition) is 2. The predicted octanol–water partition coefficient (Wildman–Crippen LogP) is 0.644. The average molecular weight is 176 g/mol. The van der Waals surface area contributed by atoms with Gasteiger partial charge in [-0.15, -0.1) is 0 Å². The van der Waals surface area contributed by atoms with Gasteiger partial charge in [-0.05, 0) is 17.2 Å². The molecule has 0 aliphatic rings. The van der Waals surface area contributed by atoms with Crippen LogP contribution in [-0.2, 0) is 11.3 Å². The Kier molecular flexibility index (Phi) is 3.23. The first kappa shape index (κ1) is 9.48. The molecule has 0 spiro atoms. The fraction of sp³-hybridized carbons (Fsp3) is 0.100. The van der Waals surface area contributed by atoms with Gasteiger partial charge < -0.3 is 11.5 Å². The van der Waals surface area contributed by atoms with E-state index >= 15 is 0 Å². The molecule has 0 aliphatic heterocycles. The monoisotopic (exact) mass is 176 g/mol. The van der Waals surface area contributed by atoms with E-state index in [2.05, 4.69) is 0 Å². The molecule has 0 heterocycles. The predicted molar refractivity (Wildman–Crippen MR) is 52.6 cm³/mol. The van der Waals surface area contributed by atoms with E-state index in [1.807, 2.05) is 24.3 Å². The van der Waals surface area contributed by atoms with E-state index in [-0.39, 0.29) is 0 Å². The molecule has 0 unspecified atom stereocenters. The van der Waals surface area contributed by atoms with Crippen LogP contribution in [0.5, 0.6) is 0 Å². The van der Waals surface area contributed by atoms with Gasteiger partial charge >= 0.3 is 0 Å². The Labute approximate surface area is 77.0 Å². The van der Waals surface area contributed by atoms with E-state index in [0.717, 1.165) is 11.1 Å². The molecule has 0 saturated heterocycles. The summed E-state index contributed by atoms with van der Waals surface area (Å²) in [6.45, 7) is 0.458. The van der Waals surface area contributed by atoms with Crippen LogP contribution in [0, 0.1) is 0 Å². The number of hydrogen-bond donors (Lipinski definition) is 2. The summed E-state index contributed by atoms with van der Waals surface area (Å²) in [5, 5.41) is 0. The molecule has 0 bridgehead atoms. The molecule has 1 aromatic rings. The standard InChI is InChI=1S/C10H12N2O/c11-7-9-4-2-1-3-8(9)5-6-10(12)13/h1-6H,7,11H2,(H2,12,13)/b6-5+. The summed E-state index contributed by atoms with van der Waals surface area (Å²) in [6.07, 6.45) is 3.00. The zero-order chi connectivity index (χ0) is 9.68. The molecule has 1 aromatic carbocycles. The number of rotatable bonds is 3. The largest absolute Gasteiger partial charge is 0.366 e. The second-order valence-corrected chi connectivity index (χ2v) is 2.64. The molecule has 1 rings (SSSR count). The van der Waals surface area contributed by atoms with Gasteiger partial charge in [-0.1, -0.05) is 24.3 Å². The van der Waals surface area contributed by atoms with Crippen LogP contribution >= 0.6 is 0 Å². The first-order valence-electron chi connectivity index (χ1n) is 3.99. The minimum Gasteiger partial charge on any atom is -0.366 e. The lowest BCUT2D eigenvalue weighted by atomic mass is 10.1. The molecule has 13 heavy (non-hydrogen) atoms. The van der Waals surface area contributed by atoms with Gasteiger partial charge in [0.2, 0.25) is 5.91 Å². The van der Waals surface area contributed by atoms with E-state index < -0.39 is 5.91 Å². The van der Waals surface area contributed by atoms with Gasteiger partial charge in [0.25, 0.3) is 0 Å². The maximum atomic E-state index is 10.5. The van der Waals surface area contributed by atoms with Gasteiger partial charge in [0.1, 0.15) is 0 Å². The van der Waals surface area contributed by atoms with Crippen molar-refractivity contribution in [2.24, 2.45) is 11.5 Å². The Hall–Kier alpha value is -1.61. The second kappa shape index (κ2) is 4.42. The summed E-state index contributed by atoms with van der Waals surface area (Å²) in [5.74, 6) is -0.452. The minimum atomic E-state index is -0.452. The van der Waals surface area contributed by atoms with Gasteiger partial charge in [-0.3, -0.25) is 4.79 Å². The number of carbonyl (C=O) groups is 1. The summed E-state index contributed by atoms with van der Waals surface area (Å²) < 4.78 is 0. The SMILES string of the molecule is NCc1ccccc1/C=C/C(N)=O. The van der Waals surface area contributed by atoms with Crippen molar-refractivity contribution in [3.8, 4) is 0 Å². The highest BCUT2D eigenvalue weighted by molar-refractivity contribution is 5.90. The van der Waals surface area contributed by atoms with Crippen molar-refractivity contribution in [2.75, 3.05) is 0 Å². The molecule has 1 amide bonds. The molecular formula is C10H12N2O. The summed E-state index contributed by atoms with van der Waals surface area (Å²) in [4.78, 5) is 10.5. The highest BCUT2D eigenvalue weighted by atomic mass is 16.1. The van der Waals surface area contributed by atoms with Crippen LogP contribution < -0.4 is 11.5 Å². The van der Waals surface area contributed by atoms with E-state index in [1.54, 1.807) is 6.08 Å². The maximum absolute atomic E-state index is 10.5. The normalized spacial score (nSPS) is 10.5. The lowest BCUT2D eigenvalue weighted by molar-refractivity contribution is -0.113. The summed E-state index contributed by atoms with van der Waals surface area (Å²) in [5.41, 5.74) is 12.4. The third-order valence-corrected chi connectivity index (χ3v) is 1.70. The molecule has 0 atom stereocenters. The highest BCUT2D eigenvalue weighted by Crippen LogP contribution is 2.09. The Balaban J connectivity index is 2.93. The smallest absolute Gasteiger partial charge is 0.241 e. The van der Waals surface area contributed by atoms with Gasteiger partial charge in [-0.2, -0.15) is 0 Å². The van der Waals surface area contributed by atoms with Crippen molar-refractivity contribution < 1.29 is 4.79 Å². The Morgan fingerprint density at radius 1 is 1.38 bits per heavy atom. The lowest BCUT2D eigenvalue weighted by Crippen LogP contribution is -2.05. The number of nitrogens with two attached hydrogens (primary N) is 2. The zero-order valence-electron chi connectivity index (χ0n) is 7.23. The number of primary amides is 1. The van der Waals surface area contributed by atoms with Gasteiger partial charge in [0, 0.05) is 12.6 Å². The molecule has 3 heteroatoms. The van der Waals surface area contributed by atoms with Crippen molar-refractivity contribution >= 4 is 12.0 Å². The molecule has 68 valence electrons. The molecule has 0 aromatic heterocycles. The van der Waals surface area contributed by atoms with Crippen LogP contribution in [0.4, 0.5) is 0 Å². The molecule has 3 nitrogen and oxygen atoms in total. The summed E-state index contributed by atoms with van der Waals surface area (Å²) >= 11 is 0. The molecule has 4 N–H and O–H groups in total. The van der Waals surface area contributed by atoms with Crippen LogP contribution in [-0.4, -0.2) is 5.91 Å². The maximum Gasteiger partial charge on any atom is 0.241 e. The van der Waals surface area contributed by atoms with Crippen LogP contribution in [0.25, 0.3) is 6.08 Å². The number of carbonyl (C=O) groups excluding carboxylic acids is 1. The average Bonchev–Trinajstić information content (AvgIpc) is 2.15. The van der Waals surface area contributed by atoms with E-state index in [9.17, 15) is 4.79 Å². The van der Waals surface area contributed by atoms with Gasteiger partial charge in [0.15, 0.2) is 0 Å². The van der Waals surface area contributed by atoms with Gasteiger partial charge in [0.05, 0.1) is 0 Å². The quantitative estimate of drug-likeness (QED) is 0.664. The number of amides is 1. The number of benzene rings is 1. The van der Waals surface area contributed by atoms with Crippen LogP contribution in [0.15, 0.2) is 30.3 Å². The lowest BCUT2D eigenvalue weighted by Gasteiger charge is -2.00. The van der Waals surface area contributed by atoms with Crippen LogP contribution in [0.3, 0.4) is 0 Å². The van der Waals surface area contributed by atoms with E-state index in [1.165, 1.54) is 6.08 Å². The van der Waals surface area contributed by atoms with E-state index in [0.29, 0.717) is 6.54 Å². The Morgan fingerprint density at radius 2 is 2.08 bits per heavy atom. The van der Waals surface area contributed by atoms with Crippen molar-refractivity contribution in [2.45, 2.75) is 6.54 Å². The highest BCUT2D eigenvalue weighted by Gasteiger charge is 1.94.